The van der Waals surface area contributed by atoms with E-state index in [1.165, 1.54) is 19.2 Å². The van der Waals surface area contributed by atoms with Crippen LogP contribution in [0.2, 0.25) is 0 Å². The Hall–Kier alpha value is -2.97. The topological polar surface area (TPSA) is 104 Å². The van der Waals surface area contributed by atoms with Gasteiger partial charge in [0.1, 0.15) is 5.69 Å². The molecule has 4 heterocycles. The van der Waals surface area contributed by atoms with Crippen LogP contribution in [0.15, 0.2) is 23.3 Å². The summed E-state index contributed by atoms with van der Waals surface area (Å²) in [5, 5.41) is 4.05. The molecule has 0 saturated carbocycles. The van der Waals surface area contributed by atoms with Crippen LogP contribution in [0.5, 0.6) is 0 Å². The standard InChI is InChI=1S/C18H22N6O3/c1-12(25)24-8-5-13-16(20-11-19-13)18(24)6-9-23(10-7-18)17(27)14-3-4-15(26)22(2)21-14/h3-4,11H,5-10H2,1-2H3,(H,19,20). The second-order valence-electron chi connectivity index (χ2n) is 7.15. The third-order valence-electron chi connectivity index (χ3n) is 5.70. The molecular weight excluding hydrogens is 348 g/mol. The molecule has 9 nitrogen and oxygen atoms in total. The molecule has 0 aliphatic carbocycles. The van der Waals surface area contributed by atoms with Crippen molar-refractivity contribution in [1.82, 2.24) is 29.5 Å². The number of amides is 2. The van der Waals surface area contributed by atoms with Crippen molar-refractivity contribution in [1.29, 1.82) is 0 Å². The lowest BCUT2D eigenvalue weighted by Gasteiger charge is -2.50. The van der Waals surface area contributed by atoms with Gasteiger partial charge in [0, 0.05) is 51.8 Å². The molecular formula is C18H22N6O3. The lowest BCUT2D eigenvalue weighted by Crippen LogP contribution is -2.58. The van der Waals surface area contributed by atoms with Crippen molar-refractivity contribution in [3.8, 4) is 0 Å². The predicted octanol–water partition coefficient (Wildman–Crippen LogP) is 0.0395. The number of nitrogens with zero attached hydrogens (tertiary/aromatic N) is 5. The van der Waals surface area contributed by atoms with Crippen LogP contribution >= 0.6 is 0 Å². The number of hydrogen-bond acceptors (Lipinski definition) is 5. The highest BCUT2D eigenvalue weighted by Gasteiger charge is 2.48. The van der Waals surface area contributed by atoms with Crippen molar-refractivity contribution in [3.05, 3.63) is 45.9 Å². The highest BCUT2D eigenvalue weighted by atomic mass is 16.2. The maximum atomic E-state index is 12.8. The van der Waals surface area contributed by atoms with Crippen LogP contribution in [0.1, 0.15) is 41.6 Å². The van der Waals surface area contributed by atoms with Crippen LogP contribution in [0, 0.1) is 0 Å². The first-order valence-electron chi connectivity index (χ1n) is 9.07. The summed E-state index contributed by atoms with van der Waals surface area (Å²) >= 11 is 0. The number of aromatic nitrogens is 4. The smallest absolute Gasteiger partial charge is 0.274 e. The van der Waals surface area contributed by atoms with Crippen molar-refractivity contribution < 1.29 is 9.59 Å². The molecule has 0 unspecified atom stereocenters. The number of aromatic amines is 1. The normalized spacial score (nSPS) is 18.4. The Morgan fingerprint density at radius 2 is 1.93 bits per heavy atom. The fourth-order valence-electron chi connectivity index (χ4n) is 4.30. The van der Waals surface area contributed by atoms with Gasteiger partial charge in [0.2, 0.25) is 5.91 Å². The van der Waals surface area contributed by atoms with Crippen LogP contribution in [0.4, 0.5) is 0 Å². The highest BCUT2D eigenvalue weighted by molar-refractivity contribution is 5.92. The minimum atomic E-state index is -0.465. The SMILES string of the molecule is CC(=O)N1CCc2[nH]cnc2C12CCN(C(=O)c1ccc(=O)n(C)n1)CC2. The molecule has 2 aromatic rings. The van der Waals surface area contributed by atoms with E-state index in [-0.39, 0.29) is 23.1 Å². The van der Waals surface area contributed by atoms with Gasteiger partial charge in [-0.1, -0.05) is 0 Å². The van der Waals surface area contributed by atoms with E-state index in [1.807, 2.05) is 4.90 Å². The average Bonchev–Trinajstić information content (AvgIpc) is 3.14. The lowest BCUT2D eigenvalue weighted by molar-refractivity contribution is -0.139. The monoisotopic (exact) mass is 370 g/mol. The zero-order valence-corrected chi connectivity index (χ0v) is 15.4. The van der Waals surface area contributed by atoms with Gasteiger partial charge in [0.25, 0.3) is 11.5 Å². The third-order valence-corrected chi connectivity index (χ3v) is 5.70. The van der Waals surface area contributed by atoms with Crippen LogP contribution < -0.4 is 5.56 Å². The first kappa shape index (κ1) is 17.4. The van der Waals surface area contributed by atoms with Crippen molar-refractivity contribution in [3.63, 3.8) is 0 Å². The number of rotatable bonds is 1. The van der Waals surface area contributed by atoms with Gasteiger partial charge in [-0.3, -0.25) is 14.4 Å². The van der Waals surface area contributed by atoms with Gasteiger partial charge in [-0.2, -0.15) is 5.10 Å². The molecule has 0 aromatic carbocycles. The molecule has 2 amide bonds. The zero-order chi connectivity index (χ0) is 19.2. The Labute approximate surface area is 156 Å². The van der Waals surface area contributed by atoms with Crippen LogP contribution in [0.25, 0.3) is 0 Å². The summed E-state index contributed by atoms with van der Waals surface area (Å²) in [6.07, 6.45) is 3.70. The molecule has 4 rings (SSSR count). The molecule has 1 spiro atoms. The number of aryl methyl sites for hydroxylation is 1. The summed E-state index contributed by atoms with van der Waals surface area (Å²) in [5.74, 6) is -0.170. The van der Waals surface area contributed by atoms with Gasteiger partial charge in [-0.15, -0.1) is 0 Å². The number of imidazole rings is 1. The number of fused-ring (bicyclic) bond motifs is 2. The first-order chi connectivity index (χ1) is 12.9. The van der Waals surface area contributed by atoms with Gasteiger partial charge in [0.15, 0.2) is 0 Å². The summed E-state index contributed by atoms with van der Waals surface area (Å²) in [7, 11) is 1.52. The largest absolute Gasteiger partial charge is 0.348 e. The summed E-state index contributed by atoms with van der Waals surface area (Å²) in [4.78, 5) is 47.9. The van der Waals surface area contributed by atoms with Crippen LogP contribution in [-0.4, -0.2) is 61.0 Å². The minimum Gasteiger partial charge on any atom is -0.348 e. The van der Waals surface area contributed by atoms with Crippen molar-refractivity contribution in [2.24, 2.45) is 7.05 Å². The predicted molar refractivity (Wildman–Crippen MR) is 96.0 cm³/mol. The van der Waals surface area contributed by atoms with E-state index in [0.717, 1.165) is 22.5 Å². The van der Waals surface area contributed by atoms with Crippen LogP contribution in [0.3, 0.4) is 0 Å². The maximum absolute atomic E-state index is 12.8. The van der Waals surface area contributed by atoms with E-state index in [0.29, 0.717) is 32.5 Å². The molecule has 1 saturated heterocycles. The van der Waals surface area contributed by atoms with Crippen molar-refractivity contribution in [2.45, 2.75) is 31.7 Å². The number of piperidine rings is 1. The first-order valence-corrected chi connectivity index (χ1v) is 9.07. The summed E-state index contributed by atoms with van der Waals surface area (Å²) in [5.41, 5.74) is 1.53. The Bertz CT molecular complexity index is 954. The Kier molecular flexibility index (Phi) is 4.09. The molecule has 1 fully saturated rings. The Balaban J connectivity index is 1.59. The maximum Gasteiger partial charge on any atom is 0.274 e. The van der Waals surface area contributed by atoms with Gasteiger partial charge < -0.3 is 14.8 Å². The van der Waals surface area contributed by atoms with E-state index in [4.69, 9.17) is 0 Å². The molecule has 2 aliphatic heterocycles. The number of hydrogen-bond donors (Lipinski definition) is 1. The van der Waals surface area contributed by atoms with Crippen LogP contribution in [-0.2, 0) is 23.8 Å². The van der Waals surface area contributed by atoms with E-state index < -0.39 is 5.54 Å². The summed E-state index contributed by atoms with van der Waals surface area (Å²) in [6.45, 7) is 3.24. The quantitative estimate of drug-likeness (QED) is 0.763. The fraction of sp³-hybridized carbons (Fsp3) is 0.500. The highest BCUT2D eigenvalue weighted by Crippen LogP contribution is 2.42. The number of nitrogens with one attached hydrogen (secondary N) is 1. The number of H-pyrrole nitrogens is 1. The second-order valence-corrected chi connectivity index (χ2v) is 7.15. The summed E-state index contributed by atoms with van der Waals surface area (Å²) in [6, 6.07) is 2.81. The molecule has 2 aliphatic rings. The van der Waals surface area contributed by atoms with Gasteiger partial charge in [-0.25, -0.2) is 9.67 Å². The molecule has 0 radical (unpaired) electrons. The van der Waals surface area contributed by atoms with E-state index >= 15 is 0 Å². The number of carbonyl (C=O) groups is 2. The number of likely N-dealkylation sites (tertiary alicyclic amines) is 1. The zero-order valence-electron chi connectivity index (χ0n) is 15.4. The minimum absolute atomic E-state index is 0.0307. The molecule has 142 valence electrons. The molecule has 0 atom stereocenters. The van der Waals surface area contributed by atoms with Gasteiger partial charge in [0.05, 0.1) is 17.6 Å². The second kappa shape index (κ2) is 6.33. The Morgan fingerprint density at radius 3 is 2.59 bits per heavy atom. The van der Waals surface area contributed by atoms with Gasteiger partial charge >= 0.3 is 0 Å². The van der Waals surface area contributed by atoms with E-state index in [2.05, 4.69) is 15.1 Å². The molecule has 0 bridgehead atoms. The van der Waals surface area contributed by atoms with E-state index in [1.54, 1.807) is 18.2 Å². The molecule has 1 N–H and O–H groups in total. The third kappa shape index (κ3) is 2.73. The molecule has 27 heavy (non-hydrogen) atoms. The summed E-state index contributed by atoms with van der Waals surface area (Å²) < 4.78 is 1.16. The fourth-order valence-corrected chi connectivity index (χ4v) is 4.30. The van der Waals surface area contributed by atoms with Gasteiger partial charge in [-0.05, 0) is 18.9 Å². The van der Waals surface area contributed by atoms with Crippen molar-refractivity contribution in [2.75, 3.05) is 19.6 Å². The molecule has 2 aromatic heterocycles. The van der Waals surface area contributed by atoms with Crippen molar-refractivity contribution >= 4 is 11.8 Å². The average molecular weight is 370 g/mol. The number of carbonyl (C=O) groups excluding carboxylic acids is 2. The Morgan fingerprint density at radius 1 is 1.19 bits per heavy atom. The van der Waals surface area contributed by atoms with E-state index in [9.17, 15) is 14.4 Å². The lowest BCUT2D eigenvalue weighted by atomic mass is 9.78. The molecule has 9 heteroatoms.